The molecule has 1 atom stereocenters. The van der Waals surface area contributed by atoms with Gasteiger partial charge in [0.05, 0.1) is 0 Å². The first-order valence-corrected chi connectivity index (χ1v) is 9.82. The summed E-state index contributed by atoms with van der Waals surface area (Å²) >= 11 is 1.85. The lowest BCUT2D eigenvalue weighted by atomic mass is 10.0. The van der Waals surface area contributed by atoms with Crippen LogP contribution in [0.2, 0.25) is 0 Å². The third kappa shape index (κ3) is 6.73. The van der Waals surface area contributed by atoms with Crippen LogP contribution in [-0.4, -0.2) is 48.0 Å². The largest absolute Gasteiger partial charge is 0.444 e. The third-order valence-electron chi connectivity index (χ3n) is 3.93. The number of carbonyl (C=O) groups is 1. The van der Waals surface area contributed by atoms with Crippen LogP contribution in [0.1, 0.15) is 40.0 Å². The average Bonchev–Trinajstić information content (AvgIpc) is 2.54. The lowest BCUT2D eigenvalue weighted by Gasteiger charge is -2.36. The van der Waals surface area contributed by atoms with E-state index in [4.69, 9.17) is 4.74 Å². The molecule has 134 valence electrons. The third-order valence-corrected chi connectivity index (χ3v) is 4.94. The Balaban J connectivity index is 1.72. The van der Waals surface area contributed by atoms with Crippen LogP contribution in [0.4, 0.5) is 4.79 Å². The number of ether oxygens (including phenoxy) is 1. The van der Waals surface area contributed by atoms with Crippen molar-refractivity contribution in [1.29, 1.82) is 0 Å². The summed E-state index contributed by atoms with van der Waals surface area (Å²) in [5.41, 5.74) is -0.432. The molecule has 24 heavy (non-hydrogen) atoms. The van der Waals surface area contributed by atoms with E-state index in [1.165, 1.54) is 11.3 Å². The Morgan fingerprint density at radius 1 is 1.29 bits per heavy atom. The topological polar surface area (TPSA) is 41.6 Å². The fraction of sp³-hybridized carbons (Fsp3) is 0.632. The van der Waals surface area contributed by atoms with Gasteiger partial charge in [0.15, 0.2) is 0 Å². The van der Waals surface area contributed by atoms with Gasteiger partial charge in [-0.1, -0.05) is 18.2 Å². The first kappa shape index (κ1) is 19.1. The molecule has 1 heterocycles. The van der Waals surface area contributed by atoms with Crippen LogP contribution in [0.3, 0.4) is 0 Å². The van der Waals surface area contributed by atoms with Gasteiger partial charge < -0.3 is 15.0 Å². The molecule has 1 N–H and O–H groups in total. The van der Waals surface area contributed by atoms with Crippen molar-refractivity contribution in [3.8, 4) is 0 Å². The molecule has 0 saturated carbocycles. The van der Waals surface area contributed by atoms with Gasteiger partial charge in [0.1, 0.15) is 5.60 Å². The molecule has 2 rings (SSSR count). The van der Waals surface area contributed by atoms with E-state index in [0.29, 0.717) is 0 Å². The fourth-order valence-corrected chi connectivity index (χ4v) is 3.63. The van der Waals surface area contributed by atoms with Crippen molar-refractivity contribution in [2.75, 3.05) is 25.4 Å². The van der Waals surface area contributed by atoms with Crippen LogP contribution in [0.5, 0.6) is 0 Å². The number of nitrogens with one attached hydrogen (secondary N) is 1. The number of rotatable bonds is 6. The molecule has 1 saturated heterocycles. The van der Waals surface area contributed by atoms with Crippen LogP contribution >= 0.6 is 11.8 Å². The summed E-state index contributed by atoms with van der Waals surface area (Å²) in [7, 11) is 0. The van der Waals surface area contributed by atoms with Crippen LogP contribution in [0.15, 0.2) is 35.2 Å². The first-order valence-electron chi connectivity index (χ1n) is 8.84. The molecule has 0 radical (unpaired) electrons. The average molecular weight is 351 g/mol. The maximum Gasteiger partial charge on any atom is 0.410 e. The van der Waals surface area contributed by atoms with Crippen molar-refractivity contribution in [2.45, 2.75) is 56.6 Å². The summed E-state index contributed by atoms with van der Waals surface area (Å²) in [4.78, 5) is 15.6. The number of carbonyl (C=O) groups excluding carboxylic acids is 1. The van der Waals surface area contributed by atoms with Crippen molar-refractivity contribution >= 4 is 17.9 Å². The Bertz CT molecular complexity index is 502. The maximum absolute atomic E-state index is 12.4. The highest BCUT2D eigenvalue weighted by Crippen LogP contribution is 2.20. The van der Waals surface area contributed by atoms with Gasteiger partial charge in [0.2, 0.25) is 0 Å². The number of hydrogen-bond acceptors (Lipinski definition) is 4. The van der Waals surface area contributed by atoms with Crippen LogP contribution in [0.25, 0.3) is 0 Å². The number of likely N-dealkylation sites (tertiary alicyclic amines) is 1. The number of nitrogens with zero attached hydrogens (tertiary/aromatic N) is 1. The van der Waals surface area contributed by atoms with Crippen molar-refractivity contribution in [1.82, 2.24) is 10.2 Å². The monoisotopic (exact) mass is 350 g/mol. The predicted molar refractivity (Wildman–Crippen MR) is 101 cm³/mol. The van der Waals surface area contributed by atoms with Gasteiger partial charge in [0.25, 0.3) is 0 Å². The van der Waals surface area contributed by atoms with Gasteiger partial charge in [-0.25, -0.2) is 4.79 Å². The van der Waals surface area contributed by atoms with Crippen LogP contribution in [-0.2, 0) is 4.74 Å². The molecule has 4 nitrogen and oxygen atoms in total. The maximum atomic E-state index is 12.4. The number of thioether (sulfide) groups is 1. The summed E-state index contributed by atoms with van der Waals surface area (Å²) in [6.45, 7) is 8.35. The van der Waals surface area contributed by atoms with E-state index in [1.54, 1.807) is 0 Å². The Morgan fingerprint density at radius 3 is 2.75 bits per heavy atom. The lowest BCUT2D eigenvalue weighted by molar-refractivity contribution is 0.0100. The van der Waals surface area contributed by atoms with E-state index in [0.717, 1.165) is 38.2 Å². The molecular weight excluding hydrogens is 320 g/mol. The molecule has 0 spiro atoms. The molecule has 1 aliphatic heterocycles. The second-order valence-electron chi connectivity index (χ2n) is 7.19. The minimum absolute atomic E-state index is 0.173. The SMILES string of the molecule is CC(C)(C)OC(=O)N1CCCCC1CNCCSc1ccccc1. The highest BCUT2D eigenvalue weighted by Gasteiger charge is 2.29. The Labute approximate surface area is 150 Å². The summed E-state index contributed by atoms with van der Waals surface area (Å²) in [5, 5.41) is 3.50. The summed E-state index contributed by atoms with van der Waals surface area (Å²) in [5.74, 6) is 1.03. The Kier molecular flexibility index (Phi) is 7.43. The van der Waals surface area contributed by atoms with Gasteiger partial charge in [-0.2, -0.15) is 0 Å². The molecule has 1 amide bonds. The van der Waals surface area contributed by atoms with Gasteiger partial charge in [-0.05, 0) is 52.2 Å². The van der Waals surface area contributed by atoms with E-state index in [1.807, 2.05) is 43.5 Å². The van der Waals surface area contributed by atoms with Crippen LogP contribution in [0, 0.1) is 0 Å². The summed E-state index contributed by atoms with van der Waals surface area (Å²) in [6.07, 6.45) is 3.13. The molecule has 1 fully saturated rings. The summed E-state index contributed by atoms with van der Waals surface area (Å²) < 4.78 is 5.55. The minimum atomic E-state index is -0.432. The molecule has 5 heteroatoms. The van der Waals surface area contributed by atoms with E-state index in [2.05, 4.69) is 29.6 Å². The van der Waals surface area contributed by atoms with Crippen molar-refractivity contribution in [2.24, 2.45) is 0 Å². The van der Waals surface area contributed by atoms with E-state index < -0.39 is 5.60 Å². The lowest BCUT2D eigenvalue weighted by Crippen LogP contribution is -2.50. The molecule has 1 aromatic rings. The Morgan fingerprint density at radius 2 is 2.04 bits per heavy atom. The quantitative estimate of drug-likeness (QED) is 0.618. The number of hydrogen-bond donors (Lipinski definition) is 1. The van der Waals surface area contributed by atoms with Crippen molar-refractivity contribution in [3.05, 3.63) is 30.3 Å². The molecule has 0 aliphatic carbocycles. The second-order valence-corrected chi connectivity index (χ2v) is 8.36. The molecular formula is C19H30N2O2S. The van der Waals surface area contributed by atoms with Gasteiger partial charge >= 0.3 is 6.09 Å². The number of piperidine rings is 1. The van der Waals surface area contributed by atoms with E-state index >= 15 is 0 Å². The predicted octanol–water partition coefficient (Wildman–Crippen LogP) is 4.16. The number of amides is 1. The highest BCUT2D eigenvalue weighted by atomic mass is 32.2. The smallest absolute Gasteiger partial charge is 0.410 e. The molecule has 1 aromatic carbocycles. The molecule has 0 bridgehead atoms. The second kappa shape index (κ2) is 9.33. The van der Waals surface area contributed by atoms with E-state index in [9.17, 15) is 4.79 Å². The normalized spacial score (nSPS) is 18.5. The molecule has 1 unspecified atom stereocenters. The molecule has 0 aromatic heterocycles. The standard InChI is InChI=1S/C19H30N2O2S/c1-19(2,3)23-18(22)21-13-8-7-9-16(21)15-20-12-14-24-17-10-5-4-6-11-17/h4-6,10-11,16,20H,7-9,12-15H2,1-3H3. The van der Waals surface area contributed by atoms with Crippen molar-refractivity contribution in [3.63, 3.8) is 0 Å². The first-order chi connectivity index (χ1) is 11.5. The van der Waals surface area contributed by atoms with Gasteiger partial charge in [0, 0.05) is 36.3 Å². The highest BCUT2D eigenvalue weighted by molar-refractivity contribution is 7.99. The van der Waals surface area contributed by atoms with Crippen LogP contribution < -0.4 is 5.32 Å². The zero-order valence-corrected chi connectivity index (χ0v) is 15.9. The Hall–Kier alpha value is -1.20. The fourth-order valence-electron chi connectivity index (χ4n) is 2.80. The zero-order chi connectivity index (χ0) is 17.4. The summed E-state index contributed by atoms with van der Waals surface area (Å²) in [6, 6.07) is 10.7. The van der Waals surface area contributed by atoms with Gasteiger partial charge in [-0.3, -0.25) is 0 Å². The number of benzene rings is 1. The van der Waals surface area contributed by atoms with Crippen molar-refractivity contribution < 1.29 is 9.53 Å². The minimum Gasteiger partial charge on any atom is -0.444 e. The van der Waals surface area contributed by atoms with Gasteiger partial charge in [-0.15, -0.1) is 11.8 Å². The van der Waals surface area contributed by atoms with E-state index in [-0.39, 0.29) is 12.1 Å². The zero-order valence-electron chi connectivity index (χ0n) is 15.1. The molecule has 1 aliphatic rings.